The molecule has 0 unspecified atom stereocenters. The molecule has 1 heterocycles. The highest BCUT2D eigenvalue weighted by molar-refractivity contribution is 5.32. The third kappa shape index (κ3) is 6.33. The Bertz CT molecular complexity index is 1010. The molecular weight excluding hydrogens is 396 g/mol. The van der Waals surface area contributed by atoms with Crippen LogP contribution in [-0.2, 0) is 19.7 Å². The fourth-order valence-corrected chi connectivity index (χ4v) is 4.54. The predicted octanol–water partition coefficient (Wildman–Crippen LogP) is 5.54. The number of benzene rings is 2. The molecule has 0 saturated heterocycles. The standard InChI is InChI=1S/C28H34N2O2/c31-28-26(20-29-18-16-23-10-4-1-5-11-23)27(32-22-25-14-8-3-9-15-25)17-19-30(28)21-24-12-6-2-7-13-24/h2-3,6-9,12-15,17,19,23,29H,1,4-5,10-11,16,18,20-22H2. The van der Waals surface area contributed by atoms with E-state index in [0.717, 1.165) is 23.6 Å². The van der Waals surface area contributed by atoms with Crippen LogP contribution in [0.5, 0.6) is 5.75 Å². The van der Waals surface area contributed by atoms with Crippen molar-refractivity contribution < 1.29 is 4.74 Å². The highest BCUT2D eigenvalue weighted by Gasteiger charge is 2.15. The van der Waals surface area contributed by atoms with E-state index in [1.54, 1.807) is 4.57 Å². The van der Waals surface area contributed by atoms with E-state index in [1.807, 2.05) is 72.9 Å². The second-order valence-corrected chi connectivity index (χ2v) is 8.82. The molecule has 0 radical (unpaired) electrons. The molecule has 0 spiro atoms. The summed E-state index contributed by atoms with van der Waals surface area (Å²) in [6.07, 6.45) is 9.85. The predicted molar refractivity (Wildman–Crippen MR) is 130 cm³/mol. The quantitative estimate of drug-likeness (QED) is 0.430. The van der Waals surface area contributed by atoms with Gasteiger partial charge in [-0.05, 0) is 36.1 Å². The molecule has 2 aromatic carbocycles. The first-order valence-electron chi connectivity index (χ1n) is 11.9. The van der Waals surface area contributed by atoms with Crippen LogP contribution in [0.4, 0.5) is 0 Å². The Morgan fingerprint density at radius 3 is 2.28 bits per heavy atom. The third-order valence-electron chi connectivity index (χ3n) is 6.41. The van der Waals surface area contributed by atoms with E-state index < -0.39 is 0 Å². The lowest BCUT2D eigenvalue weighted by Gasteiger charge is -2.21. The summed E-state index contributed by atoms with van der Waals surface area (Å²) < 4.78 is 7.88. The molecule has 3 aromatic rings. The largest absolute Gasteiger partial charge is 0.488 e. The number of aromatic nitrogens is 1. The average Bonchev–Trinajstić information content (AvgIpc) is 2.85. The van der Waals surface area contributed by atoms with E-state index in [2.05, 4.69) is 5.32 Å². The monoisotopic (exact) mass is 430 g/mol. The van der Waals surface area contributed by atoms with Crippen molar-refractivity contribution >= 4 is 0 Å². The molecule has 1 aliphatic carbocycles. The van der Waals surface area contributed by atoms with Crippen LogP contribution in [0.2, 0.25) is 0 Å². The zero-order valence-corrected chi connectivity index (χ0v) is 18.8. The molecule has 1 aliphatic rings. The van der Waals surface area contributed by atoms with E-state index in [9.17, 15) is 4.79 Å². The number of rotatable bonds is 10. The molecule has 1 aromatic heterocycles. The molecule has 1 N–H and O–H groups in total. The van der Waals surface area contributed by atoms with Crippen molar-refractivity contribution in [3.05, 3.63) is 100.0 Å². The van der Waals surface area contributed by atoms with Crippen LogP contribution in [0, 0.1) is 5.92 Å². The van der Waals surface area contributed by atoms with E-state index in [4.69, 9.17) is 4.74 Å². The summed E-state index contributed by atoms with van der Waals surface area (Å²) in [6, 6.07) is 22.1. The second-order valence-electron chi connectivity index (χ2n) is 8.82. The lowest BCUT2D eigenvalue weighted by molar-refractivity contribution is 0.299. The van der Waals surface area contributed by atoms with Gasteiger partial charge in [0.15, 0.2) is 0 Å². The topological polar surface area (TPSA) is 43.3 Å². The van der Waals surface area contributed by atoms with Gasteiger partial charge < -0.3 is 14.6 Å². The van der Waals surface area contributed by atoms with Gasteiger partial charge in [0, 0.05) is 12.7 Å². The molecule has 168 valence electrons. The SMILES string of the molecule is O=c1c(CNCCC2CCCCC2)c(OCc2ccccc2)ccn1Cc1ccccc1. The molecule has 4 heteroatoms. The summed E-state index contributed by atoms with van der Waals surface area (Å²) in [5.74, 6) is 1.50. The van der Waals surface area contributed by atoms with Crippen LogP contribution in [0.25, 0.3) is 0 Å². The van der Waals surface area contributed by atoms with Gasteiger partial charge in [0.25, 0.3) is 5.56 Å². The Balaban J connectivity index is 1.46. The molecule has 0 atom stereocenters. The van der Waals surface area contributed by atoms with Gasteiger partial charge in [-0.3, -0.25) is 4.79 Å². The summed E-state index contributed by atoms with van der Waals surface area (Å²) in [5.41, 5.74) is 2.94. The van der Waals surface area contributed by atoms with E-state index in [-0.39, 0.29) is 5.56 Å². The fraction of sp³-hybridized carbons (Fsp3) is 0.393. The first-order valence-corrected chi connectivity index (χ1v) is 11.9. The smallest absolute Gasteiger partial charge is 0.259 e. The maximum absolute atomic E-state index is 13.3. The summed E-state index contributed by atoms with van der Waals surface area (Å²) in [7, 11) is 0. The van der Waals surface area contributed by atoms with Gasteiger partial charge in [-0.25, -0.2) is 0 Å². The minimum atomic E-state index is 0.0181. The molecule has 1 fully saturated rings. The summed E-state index contributed by atoms with van der Waals surface area (Å²) in [4.78, 5) is 13.3. The number of pyridine rings is 1. The van der Waals surface area contributed by atoms with Crippen molar-refractivity contribution in [3.63, 3.8) is 0 Å². The lowest BCUT2D eigenvalue weighted by atomic mass is 9.87. The molecule has 0 bridgehead atoms. The van der Waals surface area contributed by atoms with Gasteiger partial charge in [0.2, 0.25) is 0 Å². The van der Waals surface area contributed by atoms with Gasteiger partial charge >= 0.3 is 0 Å². The van der Waals surface area contributed by atoms with E-state index >= 15 is 0 Å². The van der Waals surface area contributed by atoms with Crippen LogP contribution < -0.4 is 15.6 Å². The van der Waals surface area contributed by atoms with Gasteiger partial charge in [-0.1, -0.05) is 92.8 Å². The zero-order valence-electron chi connectivity index (χ0n) is 18.8. The third-order valence-corrected chi connectivity index (χ3v) is 6.41. The van der Waals surface area contributed by atoms with Crippen LogP contribution in [-0.4, -0.2) is 11.1 Å². The van der Waals surface area contributed by atoms with Crippen molar-refractivity contribution in [2.75, 3.05) is 6.54 Å². The zero-order chi connectivity index (χ0) is 22.0. The minimum absolute atomic E-state index is 0.0181. The Hall–Kier alpha value is -2.85. The Morgan fingerprint density at radius 2 is 1.56 bits per heavy atom. The highest BCUT2D eigenvalue weighted by Crippen LogP contribution is 2.26. The summed E-state index contributed by atoms with van der Waals surface area (Å²) >= 11 is 0. The van der Waals surface area contributed by atoms with Gasteiger partial charge in [0.1, 0.15) is 12.4 Å². The van der Waals surface area contributed by atoms with Crippen LogP contribution >= 0.6 is 0 Å². The molecule has 4 nitrogen and oxygen atoms in total. The maximum atomic E-state index is 13.3. The maximum Gasteiger partial charge on any atom is 0.259 e. The lowest BCUT2D eigenvalue weighted by Crippen LogP contribution is -2.29. The normalized spacial score (nSPS) is 14.4. The van der Waals surface area contributed by atoms with Gasteiger partial charge in [-0.2, -0.15) is 0 Å². The number of nitrogens with zero attached hydrogens (tertiary/aromatic N) is 1. The Kier molecular flexibility index (Phi) is 8.16. The molecule has 4 rings (SSSR count). The van der Waals surface area contributed by atoms with Gasteiger partial charge in [-0.15, -0.1) is 0 Å². The van der Waals surface area contributed by atoms with E-state index in [0.29, 0.717) is 31.0 Å². The number of ether oxygens (including phenoxy) is 1. The van der Waals surface area contributed by atoms with Crippen molar-refractivity contribution in [2.45, 2.75) is 58.2 Å². The van der Waals surface area contributed by atoms with Crippen LogP contribution in [0.3, 0.4) is 0 Å². The second kappa shape index (κ2) is 11.7. The van der Waals surface area contributed by atoms with Crippen molar-refractivity contribution in [2.24, 2.45) is 5.92 Å². The molecule has 0 aliphatic heterocycles. The van der Waals surface area contributed by atoms with Crippen molar-refractivity contribution in [1.29, 1.82) is 0 Å². The van der Waals surface area contributed by atoms with Crippen LogP contribution in [0.15, 0.2) is 77.7 Å². The van der Waals surface area contributed by atoms with Crippen molar-refractivity contribution in [1.82, 2.24) is 9.88 Å². The molecule has 32 heavy (non-hydrogen) atoms. The fourth-order valence-electron chi connectivity index (χ4n) is 4.54. The average molecular weight is 431 g/mol. The van der Waals surface area contributed by atoms with E-state index in [1.165, 1.54) is 38.5 Å². The molecule has 0 amide bonds. The van der Waals surface area contributed by atoms with Crippen molar-refractivity contribution in [3.8, 4) is 5.75 Å². The summed E-state index contributed by atoms with van der Waals surface area (Å²) in [5, 5.41) is 3.53. The highest BCUT2D eigenvalue weighted by atomic mass is 16.5. The van der Waals surface area contributed by atoms with Crippen LogP contribution in [0.1, 0.15) is 55.2 Å². The molecular formula is C28H34N2O2. The number of nitrogens with one attached hydrogen (secondary N) is 1. The summed E-state index contributed by atoms with van der Waals surface area (Å²) in [6.45, 7) is 2.49. The Labute approximate surface area is 191 Å². The minimum Gasteiger partial charge on any atom is -0.488 e. The number of hydrogen-bond acceptors (Lipinski definition) is 3. The Morgan fingerprint density at radius 1 is 0.875 bits per heavy atom. The first kappa shape index (κ1) is 22.3. The first-order chi connectivity index (χ1) is 15.8. The number of hydrogen-bond donors (Lipinski definition) is 1. The van der Waals surface area contributed by atoms with Gasteiger partial charge in [0.05, 0.1) is 12.1 Å². The molecule has 1 saturated carbocycles.